The van der Waals surface area contributed by atoms with Crippen LogP contribution in [-0.4, -0.2) is 29.8 Å². The zero-order valence-electron chi connectivity index (χ0n) is 19.2. The number of carbonyl (C=O) groups is 2. The van der Waals surface area contributed by atoms with Crippen molar-refractivity contribution in [2.75, 3.05) is 6.61 Å². The molecular formula is C27H28ClNO5. The first kappa shape index (κ1) is 25.1. The zero-order valence-corrected chi connectivity index (χ0v) is 20.0. The first-order chi connectivity index (χ1) is 16.4. The van der Waals surface area contributed by atoms with Crippen LogP contribution < -0.4 is 14.8 Å². The standard InChI is InChI=1S/C27H28ClNO5/c1-3-4-15-33-25-14-11-22(28)17-24(25)26(30)29-18(2)16-19-5-7-20(8-6-19)21-9-12-23(13-10-21)34-27(31)32/h5-14,17-18H,3-4,15-16H2,1-2H3,(H,29,30)(H,31,32). The molecule has 1 unspecified atom stereocenters. The van der Waals surface area contributed by atoms with E-state index in [1.54, 1.807) is 42.5 Å². The Hall–Kier alpha value is -3.51. The molecular weight excluding hydrogens is 454 g/mol. The van der Waals surface area contributed by atoms with Crippen molar-refractivity contribution >= 4 is 23.7 Å². The number of rotatable bonds is 10. The van der Waals surface area contributed by atoms with Gasteiger partial charge in [-0.05, 0) is 66.8 Å². The number of hydrogen-bond acceptors (Lipinski definition) is 4. The Balaban J connectivity index is 1.61. The van der Waals surface area contributed by atoms with Crippen LogP contribution in [0.5, 0.6) is 11.5 Å². The van der Waals surface area contributed by atoms with Crippen molar-refractivity contribution in [2.24, 2.45) is 0 Å². The lowest BCUT2D eigenvalue weighted by atomic mass is 10.0. The second kappa shape index (κ2) is 12.1. The lowest BCUT2D eigenvalue weighted by Gasteiger charge is -2.17. The van der Waals surface area contributed by atoms with E-state index in [1.165, 1.54) is 0 Å². The van der Waals surface area contributed by atoms with Gasteiger partial charge in [0.05, 0.1) is 12.2 Å². The Labute approximate surface area is 204 Å². The quantitative estimate of drug-likeness (QED) is 0.193. The number of unbranched alkanes of at least 4 members (excludes halogenated alkanes) is 1. The minimum Gasteiger partial charge on any atom is -0.493 e. The minimum atomic E-state index is -1.34. The van der Waals surface area contributed by atoms with Gasteiger partial charge in [-0.15, -0.1) is 0 Å². The fourth-order valence-corrected chi connectivity index (χ4v) is 3.66. The van der Waals surface area contributed by atoms with E-state index in [2.05, 4.69) is 17.0 Å². The van der Waals surface area contributed by atoms with Gasteiger partial charge in [-0.1, -0.05) is 61.3 Å². The Kier molecular flexibility index (Phi) is 8.93. The third-order valence-corrected chi connectivity index (χ3v) is 5.44. The average Bonchev–Trinajstić information content (AvgIpc) is 2.80. The summed E-state index contributed by atoms with van der Waals surface area (Å²) >= 11 is 6.12. The van der Waals surface area contributed by atoms with Gasteiger partial charge in [-0.2, -0.15) is 0 Å². The lowest BCUT2D eigenvalue weighted by Crippen LogP contribution is -2.34. The van der Waals surface area contributed by atoms with Crippen LogP contribution in [0.25, 0.3) is 11.1 Å². The molecule has 3 aromatic rings. The molecule has 0 heterocycles. The highest BCUT2D eigenvalue weighted by Crippen LogP contribution is 2.25. The fraction of sp³-hybridized carbons (Fsp3) is 0.259. The highest BCUT2D eigenvalue weighted by atomic mass is 35.5. The molecule has 1 amide bonds. The summed E-state index contributed by atoms with van der Waals surface area (Å²) in [4.78, 5) is 23.5. The third-order valence-electron chi connectivity index (χ3n) is 5.21. The Bertz CT molecular complexity index is 1110. The van der Waals surface area contributed by atoms with E-state index in [0.717, 1.165) is 29.5 Å². The molecule has 3 rings (SSSR count). The first-order valence-corrected chi connectivity index (χ1v) is 11.6. The van der Waals surface area contributed by atoms with Crippen molar-refractivity contribution in [3.8, 4) is 22.6 Å². The maximum Gasteiger partial charge on any atom is 0.511 e. The average molecular weight is 482 g/mol. The summed E-state index contributed by atoms with van der Waals surface area (Å²) in [6.07, 6.45) is 1.24. The molecule has 0 saturated carbocycles. The van der Waals surface area contributed by atoms with Gasteiger partial charge in [0.15, 0.2) is 0 Å². The third kappa shape index (κ3) is 7.25. The molecule has 34 heavy (non-hydrogen) atoms. The van der Waals surface area contributed by atoms with Crippen molar-refractivity contribution < 1.29 is 24.2 Å². The van der Waals surface area contributed by atoms with Crippen molar-refractivity contribution in [2.45, 2.75) is 39.2 Å². The topological polar surface area (TPSA) is 84.9 Å². The van der Waals surface area contributed by atoms with Gasteiger partial charge in [0.25, 0.3) is 5.91 Å². The second-order valence-corrected chi connectivity index (χ2v) is 8.45. The first-order valence-electron chi connectivity index (χ1n) is 11.2. The SMILES string of the molecule is CCCCOc1ccc(Cl)cc1C(=O)NC(C)Cc1ccc(-c2ccc(OC(=O)O)cc2)cc1. The van der Waals surface area contributed by atoms with Gasteiger partial charge < -0.3 is 19.9 Å². The molecule has 0 aliphatic rings. The van der Waals surface area contributed by atoms with Crippen LogP contribution >= 0.6 is 11.6 Å². The van der Waals surface area contributed by atoms with Crippen molar-refractivity contribution in [1.29, 1.82) is 0 Å². The van der Waals surface area contributed by atoms with Gasteiger partial charge in [0.2, 0.25) is 0 Å². The van der Waals surface area contributed by atoms with Crippen LogP contribution in [-0.2, 0) is 6.42 Å². The highest BCUT2D eigenvalue weighted by molar-refractivity contribution is 6.31. The molecule has 2 N–H and O–H groups in total. The minimum absolute atomic E-state index is 0.103. The molecule has 0 saturated heterocycles. The van der Waals surface area contributed by atoms with Crippen molar-refractivity contribution in [1.82, 2.24) is 5.32 Å². The van der Waals surface area contributed by atoms with E-state index in [-0.39, 0.29) is 17.7 Å². The summed E-state index contributed by atoms with van der Waals surface area (Å²) in [7, 11) is 0. The largest absolute Gasteiger partial charge is 0.511 e. The smallest absolute Gasteiger partial charge is 0.493 e. The molecule has 0 aliphatic carbocycles. The Morgan fingerprint density at radius 3 is 2.26 bits per heavy atom. The highest BCUT2D eigenvalue weighted by Gasteiger charge is 2.16. The lowest BCUT2D eigenvalue weighted by molar-refractivity contribution is 0.0935. The molecule has 0 spiro atoms. The van der Waals surface area contributed by atoms with Crippen LogP contribution in [0.2, 0.25) is 5.02 Å². The molecule has 1 atom stereocenters. The zero-order chi connectivity index (χ0) is 24.5. The van der Waals surface area contributed by atoms with E-state index in [4.69, 9.17) is 21.4 Å². The number of nitrogens with one attached hydrogen (secondary N) is 1. The summed E-state index contributed by atoms with van der Waals surface area (Å²) in [6.45, 7) is 4.59. The predicted molar refractivity (Wildman–Crippen MR) is 133 cm³/mol. The van der Waals surface area contributed by atoms with Crippen LogP contribution in [0.15, 0.2) is 66.7 Å². The van der Waals surface area contributed by atoms with Gasteiger partial charge in [0.1, 0.15) is 11.5 Å². The number of carboxylic acid groups (broad SMARTS) is 1. The summed E-state index contributed by atoms with van der Waals surface area (Å²) in [5, 5.41) is 12.2. The summed E-state index contributed by atoms with van der Waals surface area (Å²) < 4.78 is 10.4. The molecule has 0 aliphatic heterocycles. The van der Waals surface area contributed by atoms with Crippen LogP contribution in [0, 0.1) is 0 Å². The summed E-state index contributed by atoms with van der Waals surface area (Å²) in [5.41, 5.74) is 3.45. The molecule has 178 valence electrons. The molecule has 3 aromatic carbocycles. The van der Waals surface area contributed by atoms with E-state index >= 15 is 0 Å². The van der Waals surface area contributed by atoms with E-state index in [9.17, 15) is 9.59 Å². The molecule has 7 heteroatoms. The van der Waals surface area contributed by atoms with Gasteiger partial charge in [-0.25, -0.2) is 4.79 Å². The van der Waals surface area contributed by atoms with Gasteiger partial charge in [-0.3, -0.25) is 4.79 Å². The fourth-order valence-electron chi connectivity index (χ4n) is 3.49. The van der Waals surface area contributed by atoms with Gasteiger partial charge in [0, 0.05) is 11.1 Å². The molecule has 0 fully saturated rings. The van der Waals surface area contributed by atoms with Gasteiger partial charge >= 0.3 is 6.16 Å². The van der Waals surface area contributed by atoms with Crippen LogP contribution in [0.3, 0.4) is 0 Å². The molecule has 0 aromatic heterocycles. The van der Waals surface area contributed by atoms with E-state index in [1.807, 2.05) is 31.2 Å². The molecule has 0 bridgehead atoms. The summed E-state index contributed by atoms with van der Waals surface area (Å²) in [5.74, 6) is 0.588. The maximum absolute atomic E-state index is 12.9. The predicted octanol–water partition coefficient (Wildman–Crippen LogP) is 6.60. The Morgan fingerprint density at radius 1 is 1.00 bits per heavy atom. The van der Waals surface area contributed by atoms with Crippen molar-refractivity contribution in [3.63, 3.8) is 0 Å². The summed E-state index contributed by atoms with van der Waals surface area (Å²) in [6, 6.07) is 19.8. The van der Waals surface area contributed by atoms with E-state index < -0.39 is 6.16 Å². The normalized spacial score (nSPS) is 11.5. The number of ether oxygens (including phenoxy) is 2. The monoisotopic (exact) mass is 481 g/mol. The number of benzene rings is 3. The number of amides is 1. The Morgan fingerprint density at radius 2 is 1.65 bits per heavy atom. The second-order valence-electron chi connectivity index (χ2n) is 8.01. The number of hydrogen-bond donors (Lipinski definition) is 2. The molecule has 6 nitrogen and oxygen atoms in total. The number of carbonyl (C=O) groups excluding carboxylic acids is 1. The van der Waals surface area contributed by atoms with Crippen molar-refractivity contribution in [3.05, 3.63) is 82.9 Å². The number of halogens is 1. The van der Waals surface area contributed by atoms with Crippen LogP contribution in [0.1, 0.15) is 42.6 Å². The molecule has 0 radical (unpaired) electrons. The maximum atomic E-state index is 12.9. The van der Waals surface area contributed by atoms with E-state index in [0.29, 0.717) is 29.4 Å². The van der Waals surface area contributed by atoms with Crippen LogP contribution in [0.4, 0.5) is 4.79 Å².